The molecular formula is C11H18N2O2S2. The first-order valence-corrected chi connectivity index (χ1v) is 8.53. The lowest BCUT2D eigenvalue weighted by Gasteiger charge is -2.04. The third kappa shape index (κ3) is 3.26. The summed E-state index contributed by atoms with van der Waals surface area (Å²) in [7, 11) is -3.05. The number of nitrogens with one attached hydrogen (secondary N) is 1. The van der Waals surface area contributed by atoms with Gasteiger partial charge in [0.05, 0.1) is 5.69 Å². The van der Waals surface area contributed by atoms with Crippen LogP contribution in [-0.2, 0) is 16.4 Å². The van der Waals surface area contributed by atoms with E-state index < -0.39 is 15.1 Å². The molecule has 6 heteroatoms. The molecule has 1 aromatic heterocycles. The molecule has 2 rings (SSSR count). The molecule has 1 aromatic rings. The normalized spacial score (nSPS) is 18.3. The van der Waals surface area contributed by atoms with E-state index in [1.165, 1.54) is 30.4 Å². The standard InChI is InChI=1S/C11H18N2O2S2/c1-7-10(6-12-9-4-5-9)16-11(13-7)8(2)17(3,14)15/h8-9,12H,4-6H2,1-3H3. The minimum Gasteiger partial charge on any atom is -0.309 e. The van der Waals surface area contributed by atoms with Gasteiger partial charge in [-0.05, 0) is 26.7 Å². The maximum atomic E-state index is 11.5. The van der Waals surface area contributed by atoms with Crippen molar-refractivity contribution in [3.05, 3.63) is 15.6 Å². The van der Waals surface area contributed by atoms with Crippen molar-refractivity contribution in [2.45, 2.75) is 44.5 Å². The van der Waals surface area contributed by atoms with Gasteiger partial charge in [-0.15, -0.1) is 11.3 Å². The summed E-state index contributed by atoms with van der Waals surface area (Å²) in [5.41, 5.74) is 0.952. The van der Waals surface area contributed by atoms with Gasteiger partial charge in [-0.25, -0.2) is 13.4 Å². The molecule has 1 saturated carbocycles. The van der Waals surface area contributed by atoms with Gasteiger partial charge in [0, 0.05) is 23.7 Å². The Morgan fingerprint density at radius 3 is 2.71 bits per heavy atom. The van der Waals surface area contributed by atoms with E-state index in [0.717, 1.165) is 17.1 Å². The van der Waals surface area contributed by atoms with E-state index in [-0.39, 0.29) is 0 Å². The number of nitrogens with zero attached hydrogens (tertiary/aromatic N) is 1. The van der Waals surface area contributed by atoms with Gasteiger partial charge in [0.25, 0.3) is 0 Å². The third-order valence-corrected chi connectivity index (χ3v) is 6.02. The summed E-state index contributed by atoms with van der Waals surface area (Å²) in [6.45, 7) is 4.45. The molecule has 96 valence electrons. The molecule has 0 aliphatic heterocycles. The number of rotatable bonds is 5. The molecule has 1 aliphatic rings. The summed E-state index contributed by atoms with van der Waals surface area (Å²) < 4.78 is 23.0. The molecule has 0 spiro atoms. The molecule has 0 aromatic carbocycles. The third-order valence-electron chi connectivity index (χ3n) is 3.03. The number of hydrogen-bond acceptors (Lipinski definition) is 5. The molecule has 1 unspecified atom stereocenters. The van der Waals surface area contributed by atoms with Crippen molar-refractivity contribution in [1.82, 2.24) is 10.3 Å². The minimum atomic E-state index is -3.05. The van der Waals surface area contributed by atoms with Gasteiger partial charge < -0.3 is 5.32 Å². The number of thiazole rings is 1. The van der Waals surface area contributed by atoms with Gasteiger partial charge in [0.15, 0.2) is 9.84 Å². The quantitative estimate of drug-likeness (QED) is 0.889. The summed E-state index contributed by atoms with van der Waals surface area (Å²) in [5, 5.41) is 3.63. The smallest absolute Gasteiger partial charge is 0.156 e. The summed E-state index contributed by atoms with van der Waals surface area (Å²) in [5.74, 6) is 0. The monoisotopic (exact) mass is 274 g/mol. The van der Waals surface area contributed by atoms with Gasteiger partial charge in [-0.2, -0.15) is 0 Å². The Balaban J connectivity index is 2.11. The van der Waals surface area contributed by atoms with Gasteiger partial charge in [-0.1, -0.05) is 0 Å². The average molecular weight is 274 g/mol. The Kier molecular flexibility index (Phi) is 3.56. The van der Waals surface area contributed by atoms with E-state index in [2.05, 4.69) is 10.3 Å². The summed E-state index contributed by atoms with van der Waals surface area (Å²) in [6.07, 6.45) is 3.77. The highest BCUT2D eigenvalue weighted by Gasteiger charge is 2.24. The van der Waals surface area contributed by atoms with Crippen LogP contribution in [0, 0.1) is 6.92 Å². The number of aryl methyl sites for hydroxylation is 1. The van der Waals surface area contributed by atoms with Crippen molar-refractivity contribution in [1.29, 1.82) is 0 Å². The highest BCUT2D eigenvalue weighted by atomic mass is 32.2. The summed E-state index contributed by atoms with van der Waals surface area (Å²) in [6, 6.07) is 0.660. The Hall–Kier alpha value is -0.460. The lowest BCUT2D eigenvalue weighted by molar-refractivity contribution is 0.592. The van der Waals surface area contributed by atoms with Gasteiger partial charge in [0.1, 0.15) is 10.3 Å². The van der Waals surface area contributed by atoms with Crippen LogP contribution in [0.2, 0.25) is 0 Å². The molecule has 1 heterocycles. The van der Waals surface area contributed by atoms with Crippen molar-refractivity contribution in [2.24, 2.45) is 0 Å². The second kappa shape index (κ2) is 4.66. The first kappa shape index (κ1) is 13.0. The molecule has 0 saturated heterocycles. The molecule has 4 nitrogen and oxygen atoms in total. The van der Waals surface area contributed by atoms with Crippen molar-refractivity contribution in [3.8, 4) is 0 Å². The van der Waals surface area contributed by atoms with Crippen molar-refractivity contribution >= 4 is 21.2 Å². The van der Waals surface area contributed by atoms with E-state index in [1.54, 1.807) is 6.92 Å². The van der Waals surface area contributed by atoms with Crippen LogP contribution in [0.3, 0.4) is 0 Å². The predicted molar refractivity (Wildman–Crippen MR) is 70.0 cm³/mol. The largest absolute Gasteiger partial charge is 0.309 e. The van der Waals surface area contributed by atoms with Gasteiger partial charge >= 0.3 is 0 Å². The van der Waals surface area contributed by atoms with Crippen LogP contribution < -0.4 is 5.32 Å². The fraction of sp³-hybridized carbons (Fsp3) is 0.727. The van der Waals surface area contributed by atoms with Crippen molar-refractivity contribution < 1.29 is 8.42 Å². The Bertz CT molecular complexity index is 504. The maximum Gasteiger partial charge on any atom is 0.156 e. The molecule has 0 amide bonds. The van der Waals surface area contributed by atoms with Crippen molar-refractivity contribution in [2.75, 3.05) is 6.26 Å². The lowest BCUT2D eigenvalue weighted by atomic mass is 10.4. The van der Waals surface area contributed by atoms with E-state index in [1.807, 2.05) is 6.92 Å². The van der Waals surface area contributed by atoms with Crippen LogP contribution in [0.15, 0.2) is 0 Å². The second-order valence-corrected chi connectivity index (χ2v) is 8.17. The van der Waals surface area contributed by atoms with Crippen LogP contribution in [-0.4, -0.2) is 25.7 Å². The fourth-order valence-electron chi connectivity index (χ4n) is 1.50. The van der Waals surface area contributed by atoms with Crippen LogP contribution in [0.5, 0.6) is 0 Å². The van der Waals surface area contributed by atoms with Crippen LogP contribution >= 0.6 is 11.3 Å². The molecule has 1 fully saturated rings. The van der Waals surface area contributed by atoms with Crippen LogP contribution in [0.25, 0.3) is 0 Å². The predicted octanol–water partition coefficient (Wildman–Crippen LogP) is 1.81. The van der Waals surface area contributed by atoms with Gasteiger partial charge in [0.2, 0.25) is 0 Å². The lowest BCUT2D eigenvalue weighted by Crippen LogP contribution is -2.14. The van der Waals surface area contributed by atoms with E-state index in [9.17, 15) is 8.42 Å². The summed E-state index contributed by atoms with van der Waals surface area (Å²) >= 11 is 1.51. The topological polar surface area (TPSA) is 59.1 Å². The van der Waals surface area contributed by atoms with E-state index >= 15 is 0 Å². The zero-order chi connectivity index (χ0) is 12.6. The zero-order valence-electron chi connectivity index (χ0n) is 10.4. The Labute approximate surface area is 106 Å². The summed E-state index contributed by atoms with van der Waals surface area (Å²) in [4.78, 5) is 5.53. The van der Waals surface area contributed by atoms with Crippen LogP contribution in [0.4, 0.5) is 0 Å². The first-order chi connectivity index (χ1) is 7.88. The van der Waals surface area contributed by atoms with Gasteiger partial charge in [-0.3, -0.25) is 0 Å². The van der Waals surface area contributed by atoms with Crippen LogP contribution in [0.1, 0.15) is 40.6 Å². The van der Waals surface area contributed by atoms with E-state index in [0.29, 0.717) is 11.0 Å². The number of sulfone groups is 1. The van der Waals surface area contributed by atoms with E-state index in [4.69, 9.17) is 0 Å². The molecule has 1 N–H and O–H groups in total. The molecule has 1 aliphatic carbocycles. The SMILES string of the molecule is Cc1nc(C(C)S(C)(=O)=O)sc1CNC1CC1. The molecule has 1 atom stereocenters. The van der Waals surface area contributed by atoms with Crippen molar-refractivity contribution in [3.63, 3.8) is 0 Å². The first-order valence-electron chi connectivity index (χ1n) is 5.76. The molecule has 0 bridgehead atoms. The maximum absolute atomic E-state index is 11.5. The average Bonchev–Trinajstić information content (AvgIpc) is 2.97. The molecule has 0 radical (unpaired) electrons. The molecular weight excluding hydrogens is 256 g/mol. The fourth-order valence-corrected chi connectivity index (χ4v) is 3.53. The minimum absolute atomic E-state index is 0.499. The zero-order valence-corrected chi connectivity index (χ0v) is 12.0. The number of aromatic nitrogens is 1. The highest BCUT2D eigenvalue weighted by molar-refractivity contribution is 7.91. The highest BCUT2D eigenvalue weighted by Crippen LogP contribution is 2.29. The Morgan fingerprint density at radius 1 is 1.53 bits per heavy atom. The second-order valence-electron chi connectivity index (χ2n) is 4.69. The number of hydrogen-bond donors (Lipinski definition) is 1. The Morgan fingerprint density at radius 2 is 2.18 bits per heavy atom. The molecule has 17 heavy (non-hydrogen) atoms.